The summed E-state index contributed by atoms with van der Waals surface area (Å²) in [5, 5.41) is 0. The topological polar surface area (TPSA) is 9.23 Å². The van der Waals surface area contributed by atoms with Gasteiger partial charge in [-0.25, -0.2) is 0 Å². The summed E-state index contributed by atoms with van der Waals surface area (Å²) >= 11 is 3.05. The van der Waals surface area contributed by atoms with Crippen LogP contribution in [-0.2, 0) is 4.74 Å². The number of ether oxygens (including phenoxy) is 1. The molecule has 90 valence electrons. The van der Waals surface area contributed by atoms with Gasteiger partial charge < -0.3 is 4.74 Å². The molecular formula is C7H7BrF6O. The molecule has 0 aromatic rings. The lowest BCUT2D eigenvalue weighted by molar-refractivity contribution is -0.334. The van der Waals surface area contributed by atoms with Crippen LogP contribution in [0.5, 0.6) is 0 Å². The Labute approximate surface area is 89.9 Å². The van der Waals surface area contributed by atoms with Crippen LogP contribution >= 0.6 is 15.9 Å². The second-order valence-corrected chi connectivity index (χ2v) is 4.59. The van der Waals surface area contributed by atoms with Gasteiger partial charge in [0.05, 0.1) is 6.10 Å². The average molecular weight is 301 g/mol. The van der Waals surface area contributed by atoms with Crippen molar-refractivity contribution in [2.45, 2.75) is 42.2 Å². The SMILES string of the molecule is FC(F)(F)C(OC1CC(Br)C1)C(F)(F)F. The fraction of sp³-hybridized carbons (Fsp3) is 1.00. The van der Waals surface area contributed by atoms with Crippen LogP contribution in [-0.4, -0.2) is 29.4 Å². The van der Waals surface area contributed by atoms with Gasteiger partial charge in [0.15, 0.2) is 0 Å². The van der Waals surface area contributed by atoms with Crippen molar-refractivity contribution < 1.29 is 31.1 Å². The molecule has 1 fully saturated rings. The molecule has 0 amide bonds. The molecule has 1 rings (SSSR count). The van der Waals surface area contributed by atoms with Crippen LogP contribution in [0.25, 0.3) is 0 Å². The molecule has 0 N–H and O–H groups in total. The Morgan fingerprint density at radius 1 is 1.00 bits per heavy atom. The molecular weight excluding hydrogens is 294 g/mol. The van der Waals surface area contributed by atoms with E-state index in [0.717, 1.165) is 0 Å². The molecule has 1 aliphatic carbocycles. The summed E-state index contributed by atoms with van der Waals surface area (Å²) < 4.78 is 75.9. The van der Waals surface area contributed by atoms with Crippen molar-refractivity contribution in [3.05, 3.63) is 0 Å². The van der Waals surface area contributed by atoms with Crippen molar-refractivity contribution in [3.63, 3.8) is 0 Å². The highest BCUT2D eigenvalue weighted by atomic mass is 79.9. The highest BCUT2D eigenvalue weighted by Crippen LogP contribution is 2.40. The summed E-state index contributed by atoms with van der Waals surface area (Å²) in [6.07, 6.45) is -15.1. The predicted octanol–water partition coefficient (Wildman–Crippen LogP) is 3.42. The van der Waals surface area contributed by atoms with Crippen molar-refractivity contribution in [2.24, 2.45) is 0 Å². The van der Waals surface area contributed by atoms with E-state index >= 15 is 0 Å². The van der Waals surface area contributed by atoms with Crippen LogP contribution in [0.2, 0.25) is 0 Å². The van der Waals surface area contributed by atoms with Gasteiger partial charge in [-0.2, -0.15) is 26.3 Å². The molecule has 0 aliphatic heterocycles. The third kappa shape index (κ3) is 3.51. The predicted molar refractivity (Wildman–Crippen MR) is 42.7 cm³/mol. The third-order valence-electron chi connectivity index (χ3n) is 1.96. The molecule has 1 nitrogen and oxygen atoms in total. The Bertz CT molecular complexity index is 205. The maximum absolute atomic E-state index is 12.0. The largest absolute Gasteiger partial charge is 0.423 e. The average Bonchev–Trinajstić information content (AvgIpc) is 1.90. The van der Waals surface area contributed by atoms with Crippen molar-refractivity contribution in [3.8, 4) is 0 Å². The molecule has 0 aromatic heterocycles. The third-order valence-corrected chi connectivity index (χ3v) is 2.71. The normalized spacial score (nSPS) is 28.0. The minimum absolute atomic E-state index is 0.0513. The molecule has 1 aliphatic rings. The van der Waals surface area contributed by atoms with Crippen LogP contribution in [0.15, 0.2) is 0 Å². The van der Waals surface area contributed by atoms with Gasteiger partial charge in [0.1, 0.15) is 0 Å². The van der Waals surface area contributed by atoms with Gasteiger partial charge in [-0.05, 0) is 12.8 Å². The lowest BCUT2D eigenvalue weighted by atomic mass is 9.95. The molecule has 0 heterocycles. The Balaban J connectivity index is 2.59. The van der Waals surface area contributed by atoms with Crippen LogP contribution in [0.3, 0.4) is 0 Å². The highest BCUT2D eigenvalue weighted by molar-refractivity contribution is 9.09. The van der Waals surface area contributed by atoms with E-state index < -0.39 is 24.6 Å². The zero-order valence-electron chi connectivity index (χ0n) is 7.20. The molecule has 0 bridgehead atoms. The van der Waals surface area contributed by atoms with Gasteiger partial charge in [-0.1, -0.05) is 15.9 Å². The maximum atomic E-state index is 12.0. The van der Waals surface area contributed by atoms with E-state index in [2.05, 4.69) is 20.7 Å². The number of rotatable bonds is 2. The molecule has 15 heavy (non-hydrogen) atoms. The van der Waals surface area contributed by atoms with Gasteiger partial charge in [-0.15, -0.1) is 0 Å². The Morgan fingerprint density at radius 2 is 1.40 bits per heavy atom. The van der Waals surface area contributed by atoms with E-state index in [1.165, 1.54) is 0 Å². The van der Waals surface area contributed by atoms with Crippen molar-refractivity contribution >= 4 is 15.9 Å². The van der Waals surface area contributed by atoms with Crippen molar-refractivity contribution in [2.75, 3.05) is 0 Å². The number of halogens is 7. The van der Waals surface area contributed by atoms with Gasteiger partial charge >= 0.3 is 12.4 Å². The van der Waals surface area contributed by atoms with Gasteiger partial charge in [0, 0.05) is 4.83 Å². The molecule has 0 atom stereocenters. The highest BCUT2D eigenvalue weighted by Gasteiger charge is 2.59. The van der Waals surface area contributed by atoms with Gasteiger partial charge in [-0.3, -0.25) is 0 Å². The summed E-state index contributed by atoms with van der Waals surface area (Å²) in [6, 6.07) is 0. The number of hydrogen-bond acceptors (Lipinski definition) is 1. The summed E-state index contributed by atoms with van der Waals surface area (Å²) in [4.78, 5) is -0.0513. The van der Waals surface area contributed by atoms with E-state index in [1.54, 1.807) is 0 Å². The monoisotopic (exact) mass is 300 g/mol. The first-order valence-corrected chi connectivity index (χ1v) is 4.95. The van der Waals surface area contributed by atoms with E-state index in [1.807, 2.05) is 0 Å². The lowest BCUT2D eigenvalue weighted by Gasteiger charge is -2.35. The minimum Gasteiger partial charge on any atom is -0.358 e. The van der Waals surface area contributed by atoms with Gasteiger partial charge in [0.2, 0.25) is 6.10 Å². The first-order chi connectivity index (χ1) is 6.60. The molecule has 0 aromatic carbocycles. The molecule has 0 radical (unpaired) electrons. The fourth-order valence-electron chi connectivity index (χ4n) is 1.14. The Morgan fingerprint density at radius 3 is 1.67 bits per heavy atom. The number of hydrogen-bond donors (Lipinski definition) is 0. The van der Waals surface area contributed by atoms with Crippen LogP contribution in [0.1, 0.15) is 12.8 Å². The summed E-state index contributed by atoms with van der Waals surface area (Å²) in [7, 11) is 0. The van der Waals surface area contributed by atoms with Crippen LogP contribution in [0.4, 0.5) is 26.3 Å². The van der Waals surface area contributed by atoms with Gasteiger partial charge in [0.25, 0.3) is 0 Å². The van der Waals surface area contributed by atoms with E-state index in [0.29, 0.717) is 0 Å². The minimum atomic E-state index is -5.41. The van der Waals surface area contributed by atoms with Crippen molar-refractivity contribution in [1.29, 1.82) is 0 Å². The quantitative estimate of drug-likeness (QED) is 0.561. The zero-order chi connectivity index (χ0) is 11.9. The Kier molecular flexibility index (Phi) is 3.59. The van der Waals surface area contributed by atoms with E-state index in [4.69, 9.17) is 0 Å². The van der Waals surface area contributed by atoms with Crippen molar-refractivity contribution in [1.82, 2.24) is 0 Å². The summed E-state index contributed by atoms with van der Waals surface area (Å²) in [5.41, 5.74) is 0. The molecule has 0 spiro atoms. The maximum Gasteiger partial charge on any atom is 0.423 e. The smallest absolute Gasteiger partial charge is 0.358 e. The number of alkyl halides is 7. The van der Waals surface area contributed by atoms with E-state index in [9.17, 15) is 26.3 Å². The standard InChI is InChI=1S/C7H7BrF6O/c8-3-1-4(2-3)15-5(6(9,10)11)7(12,13)14/h3-5H,1-2H2. The first kappa shape index (κ1) is 13.1. The molecule has 8 heteroatoms. The van der Waals surface area contributed by atoms with Crippen LogP contribution < -0.4 is 0 Å². The lowest BCUT2D eigenvalue weighted by Crippen LogP contribution is -2.49. The van der Waals surface area contributed by atoms with Crippen LogP contribution in [0, 0.1) is 0 Å². The van der Waals surface area contributed by atoms with E-state index in [-0.39, 0.29) is 17.7 Å². The second kappa shape index (κ2) is 4.12. The Hall–Kier alpha value is 0.0200. The molecule has 0 saturated heterocycles. The molecule has 1 saturated carbocycles. The summed E-state index contributed by atoms with van der Waals surface area (Å²) in [5.74, 6) is 0. The second-order valence-electron chi connectivity index (χ2n) is 3.29. The fourth-order valence-corrected chi connectivity index (χ4v) is 1.98. The molecule has 0 unspecified atom stereocenters. The summed E-state index contributed by atoms with van der Waals surface area (Å²) in [6.45, 7) is 0. The first-order valence-electron chi connectivity index (χ1n) is 4.03. The zero-order valence-corrected chi connectivity index (χ0v) is 8.79.